The standard InChI is InChI=1S/C63H81ClF3N5O10S3Si2/c1-8-70-42-47-39-46(22-27-56(47)72-33-30-45(31-34-72)60(82-87(5,6)7)54-19-13-12-18-53(54)44-20-23-48(64)24-21-44)61(74)69-85(78,79)52-25-26-55(58(41-52)84(76,77)63(65,66)67)68-49(43-83-51-16-10-9-11-17-51)40-50-15-14-32-71(50)35-36-81-62(75)57(70)28-29-59(73)80-37-38-86(2,3)4/h9-13,16-27,39,41,45,49-50,57,60,68H,8,14-15,28-38,40,42-43H2,1-7H3,(H,69,74)/t49-,50+,57+,60?/m1/s1. The van der Waals surface area contributed by atoms with Crippen LogP contribution in [0.5, 0.6) is 0 Å². The van der Waals surface area contributed by atoms with Crippen molar-refractivity contribution in [3.05, 3.63) is 137 Å². The normalized spacial score (nSPS) is 20.3. The third-order valence-electron chi connectivity index (χ3n) is 16.1. The first-order valence-electron chi connectivity index (χ1n) is 29.8. The number of fused-ring (bicyclic) bond motifs is 12. The number of hydrogen-bond donors (Lipinski definition) is 2. The minimum atomic E-state index is -6.18. The molecule has 0 radical (unpaired) electrons. The molecule has 472 valence electrons. The molecule has 5 aromatic rings. The molecule has 0 aliphatic carbocycles. The predicted molar refractivity (Wildman–Crippen MR) is 343 cm³/mol. The smallest absolute Gasteiger partial charge is 0.466 e. The van der Waals surface area contributed by atoms with E-state index in [1.807, 2.05) is 83.3 Å². The Balaban J connectivity index is 1.17. The largest absolute Gasteiger partial charge is 0.501 e. The van der Waals surface area contributed by atoms with Gasteiger partial charge in [-0.2, -0.15) is 13.2 Å². The van der Waals surface area contributed by atoms with Crippen molar-refractivity contribution in [2.75, 3.05) is 61.9 Å². The van der Waals surface area contributed by atoms with Crippen LogP contribution < -0.4 is 14.9 Å². The van der Waals surface area contributed by atoms with Crippen molar-refractivity contribution in [1.82, 2.24) is 14.5 Å². The number of sulfonamides is 1. The first kappa shape index (κ1) is 67.7. The molecule has 1 unspecified atom stereocenters. The molecule has 5 aromatic carbocycles. The molecule has 87 heavy (non-hydrogen) atoms. The number of carbonyl (C=O) groups excluding carboxylic acids is 3. The molecule has 2 fully saturated rings. The van der Waals surface area contributed by atoms with Gasteiger partial charge in [0.15, 0.2) is 8.32 Å². The number of halogens is 4. The van der Waals surface area contributed by atoms with Crippen molar-refractivity contribution in [2.45, 2.75) is 148 Å². The summed E-state index contributed by atoms with van der Waals surface area (Å²) in [7, 11) is -14.9. The van der Waals surface area contributed by atoms with Gasteiger partial charge in [0.05, 0.1) is 23.3 Å². The SMILES string of the molecule is CCN1Cc2cc(ccc2N2CCC(C(O[Si](C)(C)C)c3ccccc3-c3ccc(Cl)cc3)CC2)C(=O)NS(=O)(=O)c2ccc(c(S(=O)(=O)C(F)(F)F)c2)N[C@@H](CSc2ccccc2)C[C@@H]2CCCN2CCOC(=O)[C@@H]1CCC(=O)OCC[Si](C)(C)C. The zero-order valence-corrected chi connectivity index (χ0v) is 55.7. The molecule has 24 heteroatoms. The maximum absolute atomic E-state index is 14.7. The van der Waals surface area contributed by atoms with Gasteiger partial charge in [-0.05, 0) is 166 Å². The van der Waals surface area contributed by atoms with Crippen LogP contribution in [0.2, 0.25) is 50.3 Å². The van der Waals surface area contributed by atoms with Gasteiger partial charge in [0, 0.05) is 79.7 Å². The number of alkyl halides is 3. The first-order chi connectivity index (χ1) is 41.1. The van der Waals surface area contributed by atoms with Crippen LogP contribution in [0.15, 0.2) is 130 Å². The van der Waals surface area contributed by atoms with Crippen molar-refractivity contribution in [2.24, 2.45) is 5.92 Å². The summed E-state index contributed by atoms with van der Waals surface area (Å²) in [6, 6.07) is 31.4. The maximum Gasteiger partial charge on any atom is 0.501 e. The summed E-state index contributed by atoms with van der Waals surface area (Å²) in [5.74, 6) is -1.81. The molecule has 0 spiro atoms. The minimum Gasteiger partial charge on any atom is -0.466 e. The van der Waals surface area contributed by atoms with Gasteiger partial charge < -0.3 is 24.1 Å². The molecule has 4 aliphatic rings. The second-order valence-electron chi connectivity index (χ2n) is 24.8. The summed E-state index contributed by atoms with van der Waals surface area (Å²) in [5.41, 5.74) is -2.06. The van der Waals surface area contributed by atoms with E-state index in [1.54, 1.807) is 6.07 Å². The number of sulfone groups is 1. The minimum absolute atomic E-state index is 0.0206. The van der Waals surface area contributed by atoms with E-state index >= 15 is 0 Å². The number of piperidine rings is 1. The van der Waals surface area contributed by atoms with E-state index in [9.17, 15) is 44.4 Å². The van der Waals surface area contributed by atoms with Crippen molar-refractivity contribution in [1.29, 1.82) is 0 Å². The van der Waals surface area contributed by atoms with Gasteiger partial charge in [0.25, 0.3) is 25.8 Å². The summed E-state index contributed by atoms with van der Waals surface area (Å²) in [5, 5.41) is 3.70. The number of esters is 2. The zero-order valence-electron chi connectivity index (χ0n) is 50.5. The number of hydrogen-bond acceptors (Lipinski definition) is 15. The second kappa shape index (κ2) is 29.1. The highest BCUT2D eigenvalue weighted by atomic mass is 35.5. The fraction of sp³-hybridized carbons (Fsp3) is 0.476. The predicted octanol–water partition coefficient (Wildman–Crippen LogP) is 13.1. The van der Waals surface area contributed by atoms with Gasteiger partial charge in [-0.1, -0.05) is 92.8 Å². The lowest BCUT2D eigenvalue weighted by molar-refractivity contribution is -0.152. The molecule has 2 N–H and O–H groups in total. The number of anilines is 2. The Morgan fingerprint density at radius 1 is 0.862 bits per heavy atom. The molecule has 0 saturated carbocycles. The summed E-state index contributed by atoms with van der Waals surface area (Å²) in [4.78, 5) is 47.5. The lowest BCUT2D eigenvalue weighted by atomic mass is 9.84. The molecular formula is C63H81ClF3N5O10S3Si2. The molecule has 9 rings (SSSR count). The third-order valence-corrected chi connectivity index (χ3v) is 23.0. The number of nitrogens with one attached hydrogen (secondary N) is 2. The van der Waals surface area contributed by atoms with E-state index in [1.165, 1.54) is 23.9 Å². The van der Waals surface area contributed by atoms with Gasteiger partial charge in [0.2, 0.25) is 0 Å². The van der Waals surface area contributed by atoms with Crippen molar-refractivity contribution >= 4 is 88.8 Å². The number of likely N-dealkylation sites (N-methyl/N-ethyl adjacent to an activating group) is 1. The Hall–Kier alpha value is -5.25. The third kappa shape index (κ3) is 18.2. The summed E-state index contributed by atoms with van der Waals surface area (Å²) in [6.45, 7) is 17.5. The second-order valence-corrected chi connectivity index (χ2v) is 40.0. The molecule has 4 heterocycles. The van der Waals surface area contributed by atoms with Crippen molar-refractivity contribution in [3.8, 4) is 11.1 Å². The quantitative estimate of drug-likeness (QED) is 0.0509. The van der Waals surface area contributed by atoms with Crippen molar-refractivity contribution < 1.29 is 58.3 Å². The van der Waals surface area contributed by atoms with Gasteiger partial charge in [-0.25, -0.2) is 21.6 Å². The molecule has 4 bridgehead atoms. The average molecular weight is 1310 g/mol. The number of nitrogens with zero attached hydrogens (tertiary/aromatic N) is 3. The number of amides is 1. The van der Waals surface area contributed by atoms with Crippen LogP contribution in [0.4, 0.5) is 24.5 Å². The fourth-order valence-corrected chi connectivity index (χ4v) is 16.5. The number of carbonyl (C=O) groups is 3. The van der Waals surface area contributed by atoms with E-state index in [4.69, 9.17) is 25.5 Å². The van der Waals surface area contributed by atoms with Crippen LogP contribution in [0.1, 0.15) is 79.5 Å². The van der Waals surface area contributed by atoms with Crippen molar-refractivity contribution in [3.63, 3.8) is 0 Å². The van der Waals surface area contributed by atoms with Gasteiger partial charge in [-0.3, -0.25) is 24.2 Å². The Labute approximate surface area is 522 Å². The van der Waals surface area contributed by atoms with Crippen LogP contribution in [-0.4, -0.2) is 136 Å². The van der Waals surface area contributed by atoms with Gasteiger partial charge >= 0.3 is 17.4 Å². The number of benzene rings is 5. The number of rotatable bonds is 17. The van der Waals surface area contributed by atoms with Crippen LogP contribution in [-0.2, 0) is 49.9 Å². The Morgan fingerprint density at radius 2 is 1.55 bits per heavy atom. The van der Waals surface area contributed by atoms with Crippen LogP contribution in [0.3, 0.4) is 0 Å². The number of ether oxygens (including phenoxy) is 2. The highest BCUT2D eigenvalue weighted by molar-refractivity contribution is 7.99. The summed E-state index contributed by atoms with van der Waals surface area (Å²) in [6.07, 6.45) is 2.88. The monoisotopic (exact) mass is 1310 g/mol. The van der Waals surface area contributed by atoms with Crippen LogP contribution >= 0.6 is 23.4 Å². The summed E-state index contributed by atoms with van der Waals surface area (Å²) >= 11 is 7.73. The van der Waals surface area contributed by atoms with E-state index in [-0.39, 0.29) is 68.5 Å². The molecule has 0 aromatic heterocycles. The zero-order chi connectivity index (χ0) is 62.9. The van der Waals surface area contributed by atoms with E-state index in [2.05, 4.69) is 66.5 Å². The Morgan fingerprint density at radius 3 is 2.23 bits per heavy atom. The molecular weight excluding hydrogens is 1230 g/mol. The Bertz CT molecular complexity index is 3420. The fourth-order valence-electron chi connectivity index (χ4n) is 11.6. The molecule has 15 nitrogen and oxygen atoms in total. The average Bonchev–Trinajstić information content (AvgIpc) is 2.22. The summed E-state index contributed by atoms with van der Waals surface area (Å²) < 4.78 is 121. The van der Waals surface area contributed by atoms with Crippen LogP contribution in [0.25, 0.3) is 11.1 Å². The number of thioether (sulfide) groups is 1. The molecule has 4 aliphatic heterocycles. The highest BCUT2D eigenvalue weighted by Gasteiger charge is 2.49. The van der Waals surface area contributed by atoms with E-state index in [0.717, 1.165) is 46.2 Å². The topological polar surface area (TPSA) is 181 Å². The van der Waals surface area contributed by atoms with E-state index < -0.39 is 87.2 Å². The maximum atomic E-state index is 14.7. The lowest BCUT2D eigenvalue weighted by Crippen LogP contribution is -2.44. The molecule has 4 atom stereocenters. The lowest BCUT2D eigenvalue weighted by Gasteiger charge is -2.41. The molecule has 1 amide bonds. The van der Waals surface area contributed by atoms with Crippen LogP contribution in [0, 0.1) is 5.92 Å². The van der Waals surface area contributed by atoms with Gasteiger partial charge in [0.1, 0.15) is 17.5 Å². The van der Waals surface area contributed by atoms with Gasteiger partial charge in [-0.15, -0.1) is 11.8 Å². The highest BCUT2D eigenvalue weighted by Crippen LogP contribution is 2.43. The first-order valence-corrected chi connectivity index (χ1v) is 41.2. The van der Waals surface area contributed by atoms with E-state index in [0.29, 0.717) is 74.2 Å². The Kier molecular flexibility index (Phi) is 22.7. The molecule has 2 saturated heterocycles.